The summed E-state index contributed by atoms with van der Waals surface area (Å²) in [7, 11) is 0. The Labute approximate surface area is 92.0 Å². The summed E-state index contributed by atoms with van der Waals surface area (Å²) >= 11 is 0. The highest BCUT2D eigenvalue weighted by Gasteiger charge is 2.22. The van der Waals surface area contributed by atoms with Crippen molar-refractivity contribution >= 4 is 6.29 Å². The van der Waals surface area contributed by atoms with Gasteiger partial charge in [-0.2, -0.15) is 0 Å². The summed E-state index contributed by atoms with van der Waals surface area (Å²) in [4.78, 5) is 10.5. The van der Waals surface area contributed by atoms with E-state index in [0.717, 1.165) is 0 Å². The van der Waals surface area contributed by atoms with E-state index in [1.165, 1.54) is 18.2 Å². The van der Waals surface area contributed by atoms with Crippen LogP contribution >= 0.6 is 0 Å². The van der Waals surface area contributed by atoms with Crippen molar-refractivity contribution in [1.82, 2.24) is 0 Å². The molecule has 2 unspecified atom stereocenters. The molecule has 0 saturated heterocycles. The molecule has 16 heavy (non-hydrogen) atoms. The summed E-state index contributed by atoms with van der Waals surface area (Å²) < 4.78 is 13.6. The Kier molecular flexibility index (Phi) is 4.54. The van der Waals surface area contributed by atoms with Crippen LogP contribution in [0.5, 0.6) is 0 Å². The van der Waals surface area contributed by atoms with Crippen LogP contribution < -0.4 is 0 Å². The molecule has 0 radical (unpaired) electrons. The lowest BCUT2D eigenvalue weighted by Crippen LogP contribution is -2.20. The molecule has 0 bridgehead atoms. The third kappa shape index (κ3) is 2.63. The van der Waals surface area contributed by atoms with E-state index in [1.807, 2.05) is 0 Å². The van der Waals surface area contributed by atoms with Crippen molar-refractivity contribution in [2.45, 2.75) is 18.6 Å². The summed E-state index contributed by atoms with van der Waals surface area (Å²) in [6, 6.07) is 3.97. The van der Waals surface area contributed by atoms with E-state index in [9.17, 15) is 19.4 Å². The Hall–Kier alpha value is -1.30. The van der Waals surface area contributed by atoms with Crippen molar-refractivity contribution in [1.29, 1.82) is 0 Å². The molecule has 0 heterocycles. The fraction of sp³-hybridized carbons (Fsp3) is 0.364. The average molecular weight is 228 g/mol. The van der Waals surface area contributed by atoms with Gasteiger partial charge in [-0.05, 0) is 12.5 Å². The van der Waals surface area contributed by atoms with Crippen LogP contribution in [0, 0.1) is 5.82 Å². The topological polar surface area (TPSA) is 77.8 Å². The first-order chi connectivity index (χ1) is 7.61. The van der Waals surface area contributed by atoms with Gasteiger partial charge < -0.3 is 15.3 Å². The molecule has 0 fully saturated rings. The summed E-state index contributed by atoms with van der Waals surface area (Å²) in [6.45, 7) is -0.312. The summed E-state index contributed by atoms with van der Waals surface area (Å²) in [6.07, 6.45) is -2.44. The van der Waals surface area contributed by atoms with Gasteiger partial charge >= 0.3 is 0 Å². The number of rotatable bonds is 5. The highest BCUT2D eigenvalue weighted by Crippen LogP contribution is 2.23. The maximum absolute atomic E-state index is 13.6. The van der Waals surface area contributed by atoms with E-state index in [2.05, 4.69) is 0 Å². The minimum Gasteiger partial charge on any atom is -0.396 e. The van der Waals surface area contributed by atoms with Crippen LogP contribution in [-0.2, 0) is 0 Å². The fourth-order valence-electron chi connectivity index (χ4n) is 1.39. The van der Waals surface area contributed by atoms with Crippen LogP contribution in [0.2, 0.25) is 0 Å². The average Bonchev–Trinajstić information content (AvgIpc) is 2.29. The summed E-state index contributed by atoms with van der Waals surface area (Å²) in [5, 5.41) is 27.6. The Morgan fingerprint density at radius 3 is 2.62 bits per heavy atom. The Morgan fingerprint density at radius 2 is 2.06 bits per heavy atom. The van der Waals surface area contributed by atoms with Crippen molar-refractivity contribution in [3.63, 3.8) is 0 Å². The number of carbonyl (C=O) groups is 1. The van der Waals surface area contributed by atoms with E-state index in [0.29, 0.717) is 6.29 Å². The van der Waals surface area contributed by atoms with Gasteiger partial charge in [0, 0.05) is 12.2 Å². The van der Waals surface area contributed by atoms with Gasteiger partial charge in [0.05, 0.1) is 11.7 Å². The molecule has 0 saturated carbocycles. The molecule has 0 aliphatic carbocycles. The number of hydrogen-bond donors (Lipinski definition) is 3. The number of benzene rings is 1. The molecule has 1 rings (SSSR count). The van der Waals surface area contributed by atoms with Crippen molar-refractivity contribution in [2.75, 3.05) is 6.61 Å². The number of aliphatic hydroxyl groups is 3. The molecular weight excluding hydrogens is 215 g/mol. The monoisotopic (exact) mass is 228 g/mol. The second-order valence-corrected chi connectivity index (χ2v) is 3.39. The maximum Gasteiger partial charge on any atom is 0.153 e. The van der Waals surface area contributed by atoms with Gasteiger partial charge in [0.2, 0.25) is 0 Å². The third-order valence-corrected chi connectivity index (χ3v) is 2.29. The lowest BCUT2D eigenvalue weighted by atomic mass is 10.00. The lowest BCUT2D eigenvalue weighted by Gasteiger charge is -2.18. The predicted molar refractivity (Wildman–Crippen MR) is 54.5 cm³/mol. The molecule has 1 aromatic rings. The van der Waals surface area contributed by atoms with Gasteiger partial charge in [0.25, 0.3) is 0 Å². The quantitative estimate of drug-likeness (QED) is 0.638. The second kappa shape index (κ2) is 5.69. The standard InChI is InChI=1S/C11H13FO4/c12-10-7(6-14)2-1-3-8(10)11(16)9(15)4-5-13/h1-3,6,9,11,13,15-16H,4-5H2. The van der Waals surface area contributed by atoms with Crippen molar-refractivity contribution < 1.29 is 24.5 Å². The molecular formula is C11H13FO4. The molecule has 1 aromatic carbocycles. The smallest absolute Gasteiger partial charge is 0.153 e. The van der Waals surface area contributed by atoms with Gasteiger partial charge in [0.1, 0.15) is 11.9 Å². The molecule has 2 atom stereocenters. The SMILES string of the molecule is O=Cc1cccc(C(O)C(O)CCO)c1F. The van der Waals surface area contributed by atoms with Gasteiger partial charge in [-0.3, -0.25) is 4.79 Å². The van der Waals surface area contributed by atoms with E-state index in [-0.39, 0.29) is 24.2 Å². The fourth-order valence-corrected chi connectivity index (χ4v) is 1.39. The zero-order chi connectivity index (χ0) is 12.1. The van der Waals surface area contributed by atoms with Crippen molar-refractivity contribution in [3.05, 3.63) is 35.1 Å². The highest BCUT2D eigenvalue weighted by molar-refractivity contribution is 5.75. The first kappa shape index (κ1) is 12.8. The number of aldehydes is 1. The van der Waals surface area contributed by atoms with Gasteiger partial charge in [-0.1, -0.05) is 12.1 Å². The molecule has 0 amide bonds. The van der Waals surface area contributed by atoms with E-state index >= 15 is 0 Å². The molecule has 0 aliphatic rings. The van der Waals surface area contributed by atoms with E-state index in [4.69, 9.17) is 5.11 Å². The summed E-state index contributed by atoms with van der Waals surface area (Å²) in [5.74, 6) is -0.845. The lowest BCUT2D eigenvalue weighted by molar-refractivity contribution is 0.00231. The summed E-state index contributed by atoms with van der Waals surface area (Å²) in [5.41, 5.74) is -0.321. The Bertz CT molecular complexity index is 367. The normalized spacial score (nSPS) is 14.5. The first-order valence-electron chi connectivity index (χ1n) is 4.82. The molecule has 0 aromatic heterocycles. The molecule has 4 nitrogen and oxygen atoms in total. The molecule has 5 heteroatoms. The second-order valence-electron chi connectivity index (χ2n) is 3.39. The number of halogens is 1. The predicted octanol–water partition coefficient (Wildman–Crippen LogP) is 0.415. The number of hydrogen-bond acceptors (Lipinski definition) is 4. The highest BCUT2D eigenvalue weighted by atomic mass is 19.1. The van der Waals surface area contributed by atoms with Crippen LogP contribution in [-0.4, -0.2) is 34.3 Å². The Morgan fingerprint density at radius 1 is 1.38 bits per heavy atom. The zero-order valence-electron chi connectivity index (χ0n) is 8.51. The van der Waals surface area contributed by atoms with Gasteiger partial charge in [-0.25, -0.2) is 4.39 Å². The first-order valence-corrected chi connectivity index (χ1v) is 4.82. The minimum atomic E-state index is -1.45. The molecule has 3 N–H and O–H groups in total. The van der Waals surface area contributed by atoms with E-state index < -0.39 is 18.0 Å². The van der Waals surface area contributed by atoms with Crippen LogP contribution in [0.3, 0.4) is 0 Å². The van der Waals surface area contributed by atoms with Gasteiger partial charge in [0.15, 0.2) is 6.29 Å². The van der Waals surface area contributed by atoms with Crippen molar-refractivity contribution in [2.24, 2.45) is 0 Å². The molecule has 0 aliphatic heterocycles. The maximum atomic E-state index is 13.6. The van der Waals surface area contributed by atoms with Gasteiger partial charge in [-0.15, -0.1) is 0 Å². The van der Waals surface area contributed by atoms with Crippen LogP contribution in [0.4, 0.5) is 4.39 Å². The number of aliphatic hydroxyl groups excluding tert-OH is 3. The van der Waals surface area contributed by atoms with E-state index in [1.54, 1.807) is 0 Å². The van der Waals surface area contributed by atoms with Crippen LogP contribution in [0.1, 0.15) is 28.4 Å². The van der Waals surface area contributed by atoms with Crippen LogP contribution in [0.25, 0.3) is 0 Å². The molecule has 0 spiro atoms. The molecule has 88 valence electrons. The zero-order valence-corrected chi connectivity index (χ0v) is 8.51. The third-order valence-electron chi connectivity index (χ3n) is 2.29. The van der Waals surface area contributed by atoms with Crippen molar-refractivity contribution in [3.8, 4) is 0 Å². The Balaban J connectivity index is 2.99. The number of carbonyl (C=O) groups excluding carboxylic acids is 1. The largest absolute Gasteiger partial charge is 0.396 e. The minimum absolute atomic E-state index is 0.0636. The van der Waals surface area contributed by atoms with Crippen LogP contribution in [0.15, 0.2) is 18.2 Å².